The van der Waals surface area contributed by atoms with Crippen LogP contribution in [0, 0.1) is 5.41 Å². The molecule has 0 radical (unpaired) electrons. The molecular weight excluding hydrogens is 527 g/mol. The van der Waals surface area contributed by atoms with Crippen LogP contribution >= 0.6 is 0 Å². The third kappa shape index (κ3) is 5.21. The number of aromatic amines is 1. The number of ether oxygens (including phenoxy) is 2. The van der Waals surface area contributed by atoms with E-state index in [1.165, 1.54) is 23.1 Å². The maximum Gasteiger partial charge on any atom is 0.573 e. The Kier molecular flexibility index (Phi) is 6.94. The third-order valence-corrected chi connectivity index (χ3v) is 7.59. The fourth-order valence-corrected chi connectivity index (χ4v) is 5.61. The number of nitrogens with zero attached hydrogens (tertiary/aromatic N) is 2. The summed E-state index contributed by atoms with van der Waals surface area (Å²) in [6.45, 7) is 0.380. The Morgan fingerprint density at radius 1 is 1.15 bits per heavy atom. The zero-order valence-electron chi connectivity index (χ0n) is 21.7. The van der Waals surface area contributed by atoms with Gasteiger partial charge in [0.25, 0.3) is 0 Å². The highest BCUT2D eigenvalue weighted by Gasteiger charge is 2.46. The zero-order chi connectivity index (χ0) is 28.7. The number of urea groups is 1. The van der Waals surface area contributed by atoms with Crippen molar-refractivity contribution < 1.29 is 32.2 Å². The van der Waals surface area contributed by atoms with Gasteiger partial charge in [-0.15, -0.1) is 13.2 Å². The first-order valence-electron chi connectivity index (χ1n) is 12.7. The number of primary amides is 2. The number of alkyl halides is 3. The molecule has 3 aromatic rings. The monoisotopic (exact) mass is 555 g/mol. The van der Waals surface area contributed by atoms with Gasteiger partial charge < -0.3 is 30.8 Å². The lowest BCUT2D eigenvalue weighted by atomic mass is 9.65. The molecule has 2 aromatic carbocycles. The lowest BCUT2D eigenvalue weighted by Gasteiger charge is -2.43. The number of benzene rings is 2. The third-order valence-electron chi connectivity index (χ3n) is 7.59. The smallest absolute Gasteiger partial charge is 0.497 e. The molecule has 210 valence electrons. The summed E-state index contributed by atoms with van der Waals surface area (Å²) >= 11 is 0. The predicted molar refractivity (Wildman–Crippen MR) is 141 cm³/mol. The number of halogens is 3. The summed E-state index contributed by atoms with van der Waals surface area (Å²) in [6.07, 6.45) is -1.77. The summed E-state index contributed by atoms with van der Waals surface area (Å²) in [5, 5.41) is 0. The Labute approximate surface area is 227 Å². The molecule has 0 bridgehead atoms. The van der Waals surface area contributed by atoms with Gasteiger partial charge in [-0.25, -0.2) is 9.78 Å². The highest BCUT2D eigenvalue weighted by Crippen LogP contribution is 2.49. The summed E-state index contributed by atoms with van der Waals surface area (Å²) in [7, 11) is 1.57. The van der Waals surface area contributed by atoms with Gasteiger partial charge >= 0.3 is 12.4 Å². The number of aromatic nitrogens is 2. The first-order valence-corrected chi connectivity index (χ1v) is 12.7. The summed E-state index contributed by atoms with van der Waals surface area (Å²) in [5.74, 6) is 0.416. The van der Waals surface area contributed by atoms with Crippen molar-refractivity contribution in [1.29, 1.82) is 0 Å². The van der Waals surface area contributed by atoms with Crippen molar-refractivity contribution in [3.8, 4) is 11.5 Å². The lowest BCUT2D eigenvalue weighted by Crippen LogP contribution is -2.49. The number of hydrogen-bond donors (Lipinski definition) is 3. The highest BCUT2D eigenvalue weighted by molar-refractivity contribution is 5.92. The van der Waals surface area contributed by atoms with Gasteiger partial charge in [0, 0.05) is 25.6 Å². The van der Waals surface area contributed by atoms with E-state index in [2.05, 4.69) is 14.7 Å². The number of carbonyl (C=O) groups is 2. The number of amides is 3. The number of imidazole rings is 1. The number of methoxy groups -OCH3 is 1. The Balaban J connectivity index is 1.51. The second kappa shape index (κ2) is 10.2. The normalized spacial score (nSPS) is 19.3. The fraction of sp³-hybridized carbons (Fsp3) is 0.321. The minimum atomic E-state index is -4.83. The largest absolute Gasteiger partial charge is 0.573 e. The van der Waals surface area contributed by atoms with Gasteiger partial charge in [0.15, 0.2) is 0 Å². The van der Waals surface area contributed by atoms with Crippen LogP contribution in [0.4, 0.5) is 18.0 Å². The summed E-state index contributed by atoms with van der Waals surface area (Å²) < 4.78 is 48.0. The van der Waals surface area contributed by atoms with Crippen LogP contribution in [0.3, 0.4) is 0 Å². The van der Waals surface area contributed by atoms with E-state index in [-0.39, 0.29) is 18.7 Å². The average molecular weight is 556 g/mol. The molecule has 0 saturated heterocycles. The number of nitrogens with two attached hydrogens (primary N) is 2. The van der Waals surface area contributed by atoms with E-state index in [0.717, 1.165) is 16.6 Å². The van der Waals surface area contributed by atoms with Crippen LogP contribution in [0.1, 0.15) is 30.7 Å². The lowest BCUT2D eigenvalue weighted by molar-refractivity contribution is -0.274. The molecule has 1 aromatic heterocycles. The molecule has 2 heterocycles. The van der Waals surface area contributed by atoms with E-state index in [0.29, 0.717) is 54.1 Å². The molecule has 5 rings (SSSR count). The molecule has 40 heavy (non-hydrogen) atoms. The SMILES string of the molecule is COc1ccc2nc(CCC3(C(N)=O)CC=C(c4cccc(OC(F)(F)F)c4)C4=C3CN(C(N)=O)CC4)[nH]c2c1. The van der Waals surface area contributed by atoms with Crippen LogP contribution in [-0.4, -0.2) is 53.4 Å². The van der Waals surface area contributed by atoms with Crippen molar-refractivity contribution in [3.05, 3.63) is 71.1 Å². The van der Waals surface area contributed by atoms with Crippen molar-refractivity contribution in [2.75, 3.05) is 20.2 Å². The van der Waals surface area contributed by atoms with Crippen LogP contribution in [0.15, 0.2) is 59.7 Å². The van der Waals surface area contributed by atoms with E-state index in [1.807, 2.05) is 18.2 Å². The summed E-state index contributed by atoms with van der Waals surface area (Å²) in [6, 6.07) is 10.5. The van der Waals surface area contributed by atoms with E-state index in [9.17, 15) is 22.8 Å². The molecule has 0 fully saturated rings. The van der Waals surface area contributed by atoms with Gasteiger partial charge in [-0.1, -0.05) is 18.2 Å². The second-order valence-corrected chi connectivity index (χ2v) is 9.88. The molecule has 1 atom stereocenters. The number of carbonyl (C=O) groups excluding carboxylic acids is 2. The molecule has 1 unspecified atom stereocenters. The summed E-state index contributed by atoms with van der Waals surface area (Å²) in [5.41, 5.74) is 14.6. The second-order valence-electron chi connectivity index (χ2n) is 9.88. The highest BCUT2D eigenvalue weighted by atomic mass is 19.4. The van der Waals surface area contributed by atoms with E-state index in [4.69, 9.17) is 16.2 Å². The molecule has 1 aliphatic carbocycles. The van der Waals surface area contributed by atoms with Gasteiger partial charge in [-0.3, -0.25) is 4.79 Å². The molecule has 0 spiro atoms. The quantitative estimate of drug-likeness (QED) is 0.396. The minimum Gasteiger partial charge on any atom is -0.497 e. The van der Waals surface area contributed by atoms with Crippen molar-refractivity contribution in [3.63, 3.8) is 0 Å². The maximum atomic E-state index is 13.2. The van der Waals surface area contributed by atoms with E-state index >= 15 is 0 Å². The molecule has 5 N–H and O–H groups in total. The zero-order valence-corrected chi connectivity index (χ0v) is 21.7. The number of rotatable bonds is 7. The van der Waals surface area contributed by atoms with Crippen molar-refractivity contribution in [2.24, 2.45) is 16.9 Å². The first kappa shape index (κ1) is 27.1. The van der Waals surface area contributed by atoms with Gasteiger partial charge in [-0.05, 0) is 65.8 Å². The molecule has 9 nitrogen and oxygen atoms in total. The predicted octanol–water partition coefficient (Wildman–Crippen LogP) is 4.44. The van der Waals surface area contributed by atoms with Crippen LogP contribution in [-0.2, 0) is 11.2 Å². The van der Waals surface area contributed by atoms with Crippen molar-refractivity contribution >= 4 is 28.5 Å². The number of nitrogens with one attached hydrogen (secondary N) is 1. The van der Waals surface area contributed by atoms with Crippen LogP contribution in [0.25, 0.3) is 16.6 Å². The van der Waals surface area contributed by atoms with Gasteiger partial charge in [0.1, 0.15) is 17.3 Å². The van der Waals surface area contributed by atoms with Gasteiger partial charge in [-0.2, -0.15) is 0 Å². The topological polar surface area (TPSA) is 137 Å². The molecular formula is C28H28F3N5O4. The van der Waals surface area contributed by atoms with E-state index in [1.54, 1.807) is 19.2 Å². The molecule has 0 saturated carbocycles. The molecule has 1 aliphatic heterocycles. The maximum absolute atomic E-state index is 13.2. The molecule has 3 amide bonds. The number of H-pyrrole nitrogens is 1. The fourth-order valence-electron chi connectivity index (χ4n) is 5.61. The Morgan fingerprint density at radius 3 is 2.65 bits per heavy atom. The van der Waals surface area contributed by atoms with Crippen LogP contribution < -0.4 is 20.9 Å². The van der Waals surface area contributed by atoms with E-state index < -0.39 is 23.7 Å². The van der Waals surface area contributed by atoms with Crippen LogP contribution in [0.5, 0.6) is 11.5 Å². The van der Waals surface area contributed by atoms with Crippen molar-refractivity contribution in [1.82, 2.24) is 14.9 Å². The van der Waals surface area contributed by atoms with Crippen LogP contribution in [0.2, 0.25) is 0 Å². The number of aryl methyl sites for hydroxylation is 1. The Hall–Kier alpha value is -4.48. The molecule has 12 heteroatoms. The summed E-state index contributed by atoms with van der Waals surface area (Å²) in [4.78, 5) is 34.6. The minimum absolute atomic E-state index is 0.0843. The van der Waals surface area contributed by atoms with Gasteiger partial charge in [0.05, 0.1) is 23.6 Å². The number of fused-ring (bicyclic) bond motifs is 1. The average Bonchev–Trinajstić information content (AvgIpc) is 3.32. The van der Waals surface area contributed by atoms with Gasteiger partial charge in [0.2, 0.25) is 5.91 Å². The Morgan fingerprint density at radius 2 is 1.95 bits per heavy atom. The standard InChI is InChI=1S/C28H28F3N5O4/c1-39-17-5-6-22-23(14-17)35-24(34-22)8-11-27(25(32)37)10-7-19(20-9-12-36(26(33)38)15-21(20)27)16-3-2-4-18(13-16)40-28(29,30)31/h2-7,13-14H,8-12,15H2,1H3,(H2,32,37)(H2,33,38)(H,34,35). The van der Waals surface area contributed by atoms with Crippen molar-refractivity contribution in [2.45, 2.75) is 32.0 Å². The number of allylic oxidation sites excluding steroid dienone is 2. The Bertz CT molecular complexity index is 1540. The first-order chi connectivity index (χ1) is 19.0. The molecule has 2 aliphatic rings. The number of hydrogen-bond acceptors (Lipinski definition) is 5.